The van der Waals surface area contributed by atoms with E-state index < -0.39 is 0 Å². The first-order valence-corrected chi connectivity index (χ1v) is 4.04. The minimum atomic E-state index is 0.324. The molecule has 1 heterocycles. The molecule has 0 unspecified atom stereocenters. The van der Waals surface area contributed by atoms with E-state index in [0.29, 0.717) is 29.8 Å². The Labute approximate surface area is 59.6 Å². The Hall–Kier alpha value is -0.370. The summed E-state index contributed by atoms with van der Waals surface area (Å²) < 4.78 is 5.32. The van der Waals surface area contributed by atoms with Crippen LogP contribution in [0.25, 0.3) is 0 Å². The van der Waals surface area contributed by atoms with E-state index in [2.05, 4.69) is 0 Å². The molecule has 0 amide bonds. The Balaban J connectivity index is 1.95. The van der Waals surface area contributed by atoms with E-state index in [-0.39, 0.29) is 0 Å². The van der Waals surface area contributed by atoms with E-state index in [1.54, 1.807) is 0 Å². The number of Topliss-reactive ketones (excluding diaryl/α,β-unsaturated/α-hetero) is 1. The number of carbonyl (C=O) groups is 1. The summed E-state index contributed by atoms with van der Waals surface area (Å²) in [5.74, 6) is 1.50. The van der Waals surface area contributed by atoms with Crippen LogP contribution in [0.5, 0.6) is 0 Å². The van der Waals surface area contributed by atoms with Crippen LogP contribution in [0.4, 0.5) is 0 Å². The molecule has 0 bridgehead atoms. The zero-order valence-corrected chi connectivity index (χ0v) is 5.75. The van der Waals surface area contributed by atoms with Gasteiger partial charge in [0.1, 0.15) is 5.78 Å². The van der Waals surface area contributed by atoms with Crippen LogP contribution in [0, 0.1) is 11.8 Å². The van der Waals surface area contributed by atoms with Gasteiger partial charge in [-0.1, -0.05) is 0 Å². The minimum Gasteiger partial charge on any atom is -0.369 e. The number of epoxide rings is 1. The van der Waals surface area contributed by atoms with Crippen LogP contribution < -0.4 is 0 Å². The Morgan fingerprint density at radius 3 is 3.20 bits per heavy atom. The SMILES string of the molecule is O=C1CC[C@H]2C[C@H]3O[C@H]3[C@@H]12. The zero-order chi connectivity index (χ0) is 6.72. The second kappa shape index (κ2) is 1.45. The van der Waals surface area contributed by atoms with Crippen molar-refractivity contribution in [1.82, 2.24) is 0 Å². The monoisotopic (exact) mass is 138 g/mol. The highest BCUT2D eigenvalue weighted by molar-refractivity contribution is 5.85. The number of carbonyl (C=O) groups excluding carboxylic acids is 1. The third-order valence-corrected chi connectivity index (χ3v) is 3.15. The van der Waals surface area contributed by atoms with Crippen LogP contribution in [0.2, 0.25) is 0 Å². The first-order valence-electron chi connectivity index (χ1n) is 4.04. The van der Waals surface area contributed by atoms with Gasteiger partial charge in [0.15, 0.2) is 0 Å². The molecule has 0 aromatic heterocycles. The first-order chi connectivity index (χ1) is 4.86. The maximum Gasteiger partial charge on any atom is 0.138 e. The maximum atomic E-state index is 11.2. The topological polar surface area (TPSA) is 29.6 Å². The van der Waals surface area contributed by atoms with Crippen molar-refractivity contribution >= 4 is 5.78 Å². The Morgan fingerprint density at radius 1 is 1.50 bits per heavy atom. The summed E-state index contributed by atoms with van der Waals surface area (Å²) in [6.07, 6.45) is 3.97. The number of rotatable bonds is 0. The van der Waals surface area contributed by atoms with Crippen LogP contribution in [0.3, 0.4) is 0 Å². The lowest BCUT2D eigenvalue weighted by Crippen LogP contribution is -2.15. The zero-order valence-electron chi connectivity index (χ0n) is 5.75. The van der Waals surface area contributed by atoms with Crippen molar-refractivity contribution in [2.75, 3.05) is 0 Å². The van der Waals surface area contributed by atoms with Gasteiger partial charge < -0.3 is 4.74 Å². The average molecular weight is 138 g/mol. The van der Waals surface area contributed by atoms with E-state index in [9.17, 15) is 4.79 Å². The molecule has 2 nitrogen and oxygen atoms in total. The highest BCUT2D eigenvalue weighted by Crippen LogP contribution is 2.52. The van der Waals surface area contributed by atoms with Crippen molar-refractivity contribution in [2.45, 2.75) is 31.5 Å². The van der Waals surface area contributed by atoms with E-state index >= 15 is 0 Å². The lowest BCUT2D eigenvalue weighted by Gasteiger charge is -2.08. The van der Waals surface area contributed by atoms with Crippen molar-refractivity contribution < 1.29 is 9.53 Å². The molecule has 10 heavy (non-hydrogen) atoms. The fourth-order valence-corrected chi connectivity index (χ4v) is 2.61. The van der Waals surface area contributed by atoms with Gasteiger partial charge >= 0.3 is 0 Å². The van der Waals surface area contributed by atoms with Gasteiger partial charge in [0.25, 0.3) is 0 Å². The molecule has 0 spiro atoms. The van der Waals surface area contributed by atoms with Crippen LogP contribution in [0.1, 0.15) is 19.3 Å². The van der Waals surface area contributed by atoms with E-state index in [4.69, 9.17) is 4.74 Å². The van der Waals surface area contributed by atoms with Gasteiger partial charge in [-0.3, -0.25) is 4.79 Å². The molecule has 1 aliphatic heterocycles. The molecule has 0 radical (unpaired) electrons. The molecule has 2 heteroatoms. The van der Waals surface area contributed by atoms with Gasteiger partial charge in [-0.15, -0.1) is 0 Å². The molecule has 0 N–H and O–H groups in total. The van der Waals surface area contributed by atoms with Gasteiger partial charge in [-0.25, -0.2) is 0 Å². The van der Waals surface area contributed by atoms with Crippen LogP contribution in [-0.2, 0) is 9.53 Å². The van der Waals surface area contributed by atoms with Gasteiger partial charge in [0, 0.05) is 12.3 Å². The molecule has 2 saturated carbocycles. The Bertz CT molecular complexity index is 199. The highest BCUT2D eigenvalue weighted by atomic mass is 16.6. The predicted octanol–water partition coefficient (Wildman–Crippen LogP) is 0.753. The lowest BCUT2D eigenvalue weighted by atomic mass is 9.99. The van der Waals surface area contributed by atoms with E-state index in [1.165, 1.54) is 6.42 Å². The van der Waals surface area contributed by atoms with Crippen molar-refractivity contribution in [3.63, 3.8) is 0 Å². The second-order valence-electron chi connectivity index (χ2n) is 3.67. The van der Waals surface area contributed by atoms with Gasteiger partial charge in [-0.05, 0) is 18.8 Å². The number of fused-ring (bicyclic) bond motifs is 3. The molecule has 4 atom stereocenters. The first kappa shape index (κ1) is 5.30. The number of hydrogen-bond acceptors (Lipinski definition) is 2. The fourth-order valence-electron chi connectivity index (χ4n) is 2.61. The molecule has 54 valence electrons. The summed E-state index contributed by atoms with van der Waals surface area (Å²) >= 11 is 0. The molecule has 1 saturated heterocycles. The maximum absolute atomic E-state index is 11.2. The van der Waals surface area contributed by atoms with Gasteiger partial charge in [-0.2, -0.15) is 0 Å². The Morgan fingerprint density at radius 2 is 2.40 bits per heavy atom. The molecule has 3 rings (SSSR count). The van der Waals surface area contributed by atoms with Crippen LogP contribution >= 0.6 is 0 Å². The summed E-state index contributed by atoms with van der Waals surface area (Å²) in [4.78, 5) is 11.2. The third kappa shape index (κ3) is 0.473. The van der Waals surface area contributed by atoms with E-state index in [1.807, 2.05) is 0 Å². The Kier molecular flexibility index (Phi) is 0.768. The second-order valence-corrected chi connectivity index (χ2v) is 3.67. The van der Waals surface area contributed by atoms with Gasteiger partial charge in [0.05, 0.1) is 12.2 Å². The normalized spacial score (nSPS) is 56.6. The van der Waals surface area contributed by atoms with Crippen LogP contribution in [-0.4, -0.2) is 18.0 Å². The molecular weight excluding hydrogens is 128 g/mol. The largest absolute Gasteiger partial charge is 0.369 e. The van der Waals surface area contributed by atoms with Crippen molar-refractivity contribution in [1.29, 1.82) is 0 Å². The van der Waals surface area contributed by atoms with Crippen molar-refractivity contribution in [2.24, 2.45) is 11.8 Å². The summed E-state index contributed by atoms with van der Waals surface area (Å²) in [5, 5.41) is 0. The van der Waals surface area contributed by atoms with Crippen molar-refractivity contribution in [3.8, 4) is 0 Å². The van der Waals surface area contributed by atoms with E-state index in [0.717, 1.165) is 12.8 Å². The highest BCUT2D eigenvalue weighted by Gasteiger charge is 2.59. The summed E-state index contributed by atoms with van der Waals surface area (Å²) in [6.45, 7) is 0. The van der Waals surface area contributed by atoms with Gasteiger partial charge in [0.2, 0.25) is 0 Å². The molecular formula is C8H10O2. The lowest BCUT2D eigenvalue weighted by molar-refractivity contribution is -0.121. The number of ketones is 1. The third-order valence-electron chi connectivity index (χ3n) is 3.15. The average Bonchev–Trinajstić information content (AvgIpc) is 2.40. The summed E-state index contributed by atoms with van der Waals surface area (Å²) in [7, 11) is 0. The smallest absolute Gasteiger partial charge is 0.138 e. The van der Waals surface area contributed by atoms with Crippen molar-refractivity contribution in [3.05, 3.63) is 0 Å². The molecule has 3 aliphatic rings. The van der Waals surface area contributed by atoms with Crippen LogP contribution in [0.15, 0.2) is 0 Å². The molecule has 2 aliphatic carbocycles. The molecule has 3 fully saturated rings. The standard InChI is InChI=1S/C8H10O2/c9-5-2-1-4-3-6-8(10-6)7(4)5/h4,6-8H,1-3H2/t4-,6+,7+,8+/m0/s1. The number of ether oxygens (including phenoxy) is 1. The summed E-state index contributed by atoms with van der Waals surface area (Å²) in [6, 6.07) is 0. The summed E-state index contributed by atoms with van der Waals surface area (Å²) in [5.41, 5.74) is 0. The fraction of sp³-hybridized carbons (Fsp3) is 0.875. The molecule has 0 aromatic carbocycles. The minimum absolute atomic E-state index is 0.324. The molecule has 0 aromatic rings. The predicted molar refractivity (Wildman–Crippen MR) is 34.5 cm³/mol. The quantitative estimate of drug-likeness (QED) is 0.462. The number of hydrogen-bond donors (Lipinski definition) is 0.